The minimum atomic E-state index is -0.277. The van der Waals surface area contributed by atoms with Crippen LogP contribution >= 0.6 is 0 Å². The summed E-state index contributed by atoms with van der Waals surface area (Å²) in [5.41, 5.74) is 2.48. The molecule has 2 amide bonds. The van der Waals surface area contributed by atoms with Crippen LogP contribution in [-0.4, -0.2) is 48.3 Å². The van der Waals surface area contributed by atoms with Crippen LogP contribution in [0.2, 0.25) is 0 Å². The van der Waals surface area contributed by atoms with Crippen molar-refractivity contribution in [1.82, 2.24) is 9.80 Å². The zero-order valence-electron chi connectivity index (χ0n) is 14.0. The Kier molecular flexibility index (Phi) is 5.22. The van der Waals surface area contributed by atoms with Crippen LogP contribution in [-0.2, 0) is 16.0 Å². The molecule has 0 spiro atoms. The Labute approximate surface area is 133 Å². The number of carbonyl (C=O) groups is 2. The predicted molar refractivity (Wildman–Crippen MR) is 87.7 cm³/mol. The fourth-order valence-electron chi connectivity index (χ4n) is 2.83. The van der Waals surface area contributed by atoms with Gasteiger partial charge >= 0.3 is 0 Å². The lowest BCUT2D eigenvalue weighted by atomic mass is 10.00. The molecule has 1 atom stereocenters. The molecule has 4 nitrogen and oxygen atoms in total. The first-order chi connectivity index (χ1) is 10.4. The maximum absolute atomic E-state index is 12.3. The van der Waals surface area contributed by atoms with Crippen LogP contribution < -0.4 is 0 Å². The van der Waals surface area contributed by atoms with E-state index < -0.39 is 0 Å². The van der Waals surface area contributed by atoms with E-state index in [0.717, 1.165) is 19.4 Å². The average molecular weight is 302 g/mol. The molecule has 0 N–H and O–H groups in total. The maximum atomic E-state index is 12.3. The van der Waals surface area contributed by atoms with Crippen LogP contribution in [0.15, 0.2) is 24.3 Å². The number of hydrogen-bond acceptors (Lipinski definition) is 2. The van der Waals surface area contributed by atoms with Gasteiger partial charge < -0.3 is 9.80 Å². The summed E-state index contributed by atoms with van der Waals surface area (Å²) in [4.78, 5) is 27.6. The summed E-state index contributed by atoms with van der Waals surface area (Å²) in [6.45, 7) is 5.07. The van der Waals surface area contributed by atoms with E-state index in [1.807, 2.05) is 0 Å². The van der Waals surface area contributed by atoms with E-state index in [0.29, 0.717) is 12.3 Å². The third-order valence-corrected chi connectivity index (χ3v) is 4.53. The summed E-state index contributed by atoms with van der Waals surface area (Å²) in [5, 5.41) is 0. The topological polar surface area (TPSA) is 40.6 Å². The van der Waals surface area contributed by atoms with Gasteiger partial charge in [-0.2, -0.15) is 0 Å². The third kappa shape index (κ3) is 3.67. The normalized spacial score (nSPS) is 18.1. The first-order valence-electron chi connectivity index (χ1n) is 7.99. The number of aryl methyl sites for hydroxylation is 1. The lowest BCUT2D eigenvalue weighted by Gasteiger charge is -2.23. The van der Waals surface area contributed by atoms with E-state index in [-0.39, 0.29) is 17.9 Å². The quantitative estimate of drug-likeness (QED) is 0.838. The zero-order chi connectivity index (χ0) is 16.3. The minimum Gasteiger partial charge on any atom is -0.344 e. The summed E-state index contributed by atoms with van der Waals surface area (Å²) < 4.78 is 0. The molecule has 120 valence electrons. The van der Waals surface area contributed by atoms with E-state index in [9.17, 15) is 9.59 Å². The Morgan fingerprint density at radius 2 is 1.95 bits per heavy atom. The molecular weight excluding hydrogens is 276 g/mol. The molecule has 1 aromatic rings. The number of amides is 2. The summed E-state index contributed by atoms with van der Waals surface area (Å²) in [6, 6.07) is 8.17. The molecular formula is C18H26N2O2. The fourth-order valence-corrected chi connectivity index (χ4v) is 2.83. The van der Waals surface area contributed by atoms with Crippen molar-refractivity contribution in [2.75, 3.05) is 20.6 Å². The lowest BCUT2D eigenvalue weighted by molar-refractivity contribution is -0.140. The number of rotatable bonds is 5. The number of carbonyl (C=O) groups excluding carboxylic acids is 2. The molecule has 4 heteroatoms. The van der Waals surface area contributed by atoms with Gasteiger partial charge in [-0.05, 0) is 29.9 Å². The van der Waals surface area contributed by atoms with Gasteiger partial charge in [0, 0.05) is 27.1 Å². The molecule has 22 heavy (non-hydrogen) atoms. The van der Waals surface area contributed by atoms with Crippen LogP contribution in [0.1, 0.15) is 43.7 Å². The monoisotopic (exact) mass is 302 g/mol. The molecule has 0 saturated carbocycles. The van der Waals surface area contributed by atoms with Crippen molar-refractivity contribution in [1.29, 1.82) is 0 Å². The second-order valence-corrected chi connectivity index (χ2v) is 6.47. The summed E-state index contributed by atoms with van der Waals surface area (Å²) in [7, 11) is 3.53. The summed E-state index contributed by atoms with van der Waals surface area (Å²) >= 11 is 0. The predicted octanol–water partition coefficient (Wildman–Crippen LogP) is 2.43. The van der Waals surface area contributed by atoms with Crippen LogP contribution in [0.25, 0.3) is 0 Å². The number of likely N-dealkylation sites (tertiary alicyclic amines) is 1. The van der Waals surface area contributed by atoms with Crippen LogP contribution in [0.4, 0.5) is 0 Å². The molecule has 0 aromatic heterocycles. The van der Waals surface area contributed by atoms with Gasteiger partial charge in [0.15, 0.2) is 0 Å². The first kappa shape index (κ1) is 16.5. The molecule has 1 heterocycles. The van der Waals surface area contributed by atoms with Gasteiger partial charge in [0.05, 0.1) is 0 Å². The van der Waals surface area contributed by atoms with Gasteiger partial charge in [-0.1, -0.05) is 38.1 Å². The van der Waals surface area contributed by atoms with E-state index in [4.69, 9.17) is 0 Å². The van der Waals surface area contributed by atoms with Crippen molar-refractivity contribution in [2.24, 2.45) is 0 Å². The molecule has 0 aliphatic carbocycles. The standard InChI is InChI=1S/C18H26N2O2/c1-13(2)15-8-5-14(6-9-15)7-10-17(21)20(4)16-11-12-19(3)18(16)22/h5-6,8-9,13,16H,7,10-12H2,1-4H3. The zero-order valence-corrected chi connectivity index (χ0v) is 14.0. The SMILES string of the molecule is CC(C)c1ccc(CCC(=O)N(C)C2CCN(C)C2=O)cc1. The smallest absolute Gasteiger partial charge is 0.245 e. The second kappa shape index (κ2) is 6.95. The largest absolute Gasteiger partial charge is 0.344 e. The molecule has 1 fully saturated rings. The second-order valence-electron chi connectivity index (χ2n) is 6.47. The van der Waals surface area contributed by atoms with Gasteiger partial charge in [-0.3, -0.25) is 9.59 Å². The van der Waals surface area contributed by atoms with E-state index in [1.54, 1.807) is 23.9 Å². The van der Waals surface area contributed by atoms with Crippen LogP contribution in [0, 0.1) is 0 Å². The molecule has 1 aliphatic rings. The molecule has 1 unspecified atom stereocenters. The number of nitrogens with zero attached hydrogens (tertiary/aromatic N) is 2. The molecule has 0 radical (unpaired) electrons. The van der Waals surface area contributed by atoms with Crippen molar-refractivity contribution in [3.63, 3.8) is 0 Å². The Morgan fingerprint density at radius 3 is 2.45 bits per heavy atom. The Balaban J connectivity index is 1.88. The molecule has 1 saturated heterocycles. The highest BCUT2D eigenvalue weighted by molar-refractivity contribution is 5.88. The number of benzene rings is 1. The van der Waals surface area contributed by atoms with Crippen molar-refractivity contribution >= 4 is 11.8 Å². The van der Waals surface area contributed by atoms with Crippen molar-refractivity contribution in [3.8, 4) is 0 Å². The van der Waals surface area contributed by atoms with Crippen LogP contribution in [0.5, 0.6) is 0 Å². The first-order valence-corrected chi connectivity index (χ1v) is 7.99. The average Bonchev–Trinajstić information content (AvgIpc) is 2.84. The van der Waals surface area contributed by atoms with Gasteiger partial charge in [0.2, 0.25) is 11.8 Å². The summed E-state index contributed by atoms with van der Waals surface area (Å²) in [6.07, 6.45) is 1.91. The van der Waals surface area contributed by atoms with Crippen molar-refractivity contribution in [3.05, 3.63) is 35.4 Å². The number of hydrogen-bond donors (Lipinski definition) is 0. The van der Waals surface area contributed by atoms with Crippen LogP contribution in [0.3, 0.4) is 0 Å². The van der Waals surface area contributed by atoms with Gasteiger partial charge in [-0.15, -0.1) is 0 Å². The Bertz CT molecular complexity index is 537. The van der Waals surface area contributed by atoms with Crippen molar-refractivity contribution in [2.45, 2.75) is 45.1 Å². The van der Waals surface area contributed by atoms with Gasteiger partial charge in [0.25, 0.3) is 0 Å². The lowest BCUT2D eigenvalue weighted by Crippen LogP contribution is -2.42. The van der Waals surface area contributed by atoms with E-state index in [1.165, 1.54) is 11.1 Å². The third-order valence-electron chi connectivity index (χ3n) is 4.53. The Morgan fingerprint density at radius 1 is 1.32 bits per heavy atom. The highest BCUT2D eigenvalue weighted by Gasteiger charge is 2.34. The highest BCUT2D eigenvalue weighted by Crippen LogP contribution is 2.17. The maximum Gasteiger partial charge on any atom is 0.245 e. The minimum absolute atomic E-state index is 0.0431. The molecule has 0 bridgehead atoms. The fraction of sp³-hybridized carbons (Fsp3) is 0.556. The molecule has 1 aromatic carbocycles. The van der Waals surface area contributed by atoms with Crippen molar-refractivity contribution < 1.29 is 9.59 Å². The van der Waals surface area contributed by atoms with E-state index in [2.05, 4.69) is 38.1 Å². The van der Waals surface area contributed by atoms with E-state index >= 15 is 0 Å². The van der Waals surface area contributed by atoms with Gasteiger partial charge in [0.1, 0.15) is 6.04 Å². The number of likely N-dealkylation sites (N-methyl/N-ethyl adjacent to an activating group) is 2. The highest BCUT2D eigenvalue weighted by atomic mass is 16.2. The molecule has 1 aliphatic heterocycles. The molecule has 2 rings (SSSR count). The Hall–Kier alpha value is -1.84. The van der Waals surface area contributed by atoms with Gasteiger partial charge in [-0.25, -0.2) is 0 Å². The summed E-state index contributed by atoms with van der Waals surface area (Å²) in [5.74, 6) is 0.617.